The van der Waals surface area contributed by atoms with Gasteiger partial charge in [0.15, 0.2) is 0 Å². The van der Waals surface area contributed by atoms with Crippen molar-refractivity contribution in [1.29, 1.82) is 0 Å². The van der Waals surface area contributed by atoms with Gasteiger partial charge in [0.05, 0.1) is 6.54 Å². The van der Waals surface area contributed by atoms with Gasteiger partial charge in [0.25, 0.3) is 0 Å². The largest absolute Gasteiger partial charge is 0.332 e. The lowest BCUT2D eigenvalue weighted by molar-refractivity contribution is -0.133. The fourth-order valence-electron chi connectivity index (χ4n) is 3.45. The summed E-state index contributed by atoms with van der Waals surface area (Å²) < 4.78 is 0. The first kappa shape index (κ1) is 24.8. The summed E-state index contributed by atoms with van der Waals surface area (Å²) in [5, 5.41) is 3.48. The van der Waals surface area contributed by atoms with Gasteiger partial charge in [-0.15, -0.1) is 11.3 Å². The predicted octanol–water partition coefficient (Wildman–Crippen LogP) is 6.43. The van der Waals surface area contributed by atoms with Gasteiger partial charge in [-0.2, -0.15) is 0 Å². The summed E-state index contributed by atoms with van der Waals surface area (Å²) in [6.07, 6.45) is 0. The van der Waals surface area contributed by atoms with Crippen LogP contribution in [0.1, 0.15) is 29.2 Å². The Morgan fingerprint density at radius 3 is 2.24 bits per heavy atom. The standard InChI is InChI=1S/C26H30ClN3O2S/c1-19(2)15-30(26(32)28-23-12-10-22(27)11-13-23)18-25(31)29(16-21-7-5-4-6-8-21)17-24-14-9-20(3)33-24/h4-14,19H,15-18H2,1-3H3,(H,28,32). The molecule has 7 heteroatoms. The number of carbonyl (C=O) groups is 2. The number of amides is 3. The number of rotatable bonds is 9. The first-order valence-corrected chi connectivity index (χ1v) is 12.2. The van der Waals surface area contributed by atoms with Gasteiger partial charge in [-0.05, 0) is 54.8 Å². The number of halogens is 1. The molecule has 0 fully saturated rings. The van der Waals surface area contributed by atoms with E-state index in [1.807, 2.05) is 49.1 Å². The molecular formula is C26H30ClN3O2S. The molecule has 0 aliphatic carbocycles. The number of nitrogens with zero attached hydrogens (tertiary/aromatic N) is 2. The minimum absolute atomic E-state index is 0.00872. The third-order valence-electron chi connectivity index (χ3n) is 5.01. The van der Waals surface area contributed by atoms with Crippen LogP contribution in [0.25, 0.3) is 0 Å². The van der Waals surface area contributed by atoms with Gasteiger partial charge in [-0.1, -0.05) is 55.8 Å². The average molecular weight is 484 g/mol. The Morgan fingerprint density at radius 2 is 1.64 bits per heavy atom. The van der Waals surface area contributed by atoms with E-state index in [-0.39, 0.29) is 24.4 Å². The highest BCUT2D eigenvalue weighted by atomic mass is 35.5. The number of aryl methyl sites for hydroxylation is 1. The van der Waals surface area contributed by atoms with E-state index in [0.29, 0.717) is 30.3 Å². The van der Waals surface area contributed by atoms with Crippen LogP contribution >= 0.6 is 22.9 Å². The first-order chi connectivity index (χ1) is 15.8. The van der Waals surface area contributed by atoms with E-state index < -0.39 is 0 Å². The second-order valence-corrected chi connectivity index (χ2v) is 10.3. The Bertz CT molecular complexity index is 1050. The van der Waals surface area contributed by atoms with Crippen molar-refractivity contribution in [1.82, 2.24) is 9.80 Å². The van der Waals surface area contributed by atoms with Crippen LogP contribution in [-0.4, -0.2) is 34.8 Å². The van der Waals surface area contributed by atoms with E-state index in [2.05, 4.69) is 24.4 Å². The Hall–Kier alpha value is -2.83. The van der Waals surface area contributed by atoms with Gasteiger partial charge < -0.3 is 15.1 Å². The second kappa shape index (κ2) is 11.9. The van der Waals surface area contributed by atoms with Crippen LogP contribution in [0.2, 0.25) is 5.02 Å². The summed E-state index contributed by atoms with van der Waals surface area (Å²) >= 11 is 7.63. The third kappa shape index (κ3) is 7.91. The fourth-order valence-corrected chi connectivity index (χ4v) is 4.49. The molecule has 2 aromatic carbocycles. The Morgan fingerprint density at radius 1 is 0.939 bits per heavy atom. The summed E-state index contributed by atoms with van der Waals surface area (Å²) in [5.74, 6) is 0.132. The monoisotopic (exact) mass is 483 g/mol. The van der Waals surface area contributed by atoms with Crippen molar-refractivity contribution in [2.75, 3.05) is 18.4 Å². The molecule has 0 saturated carbocycles. The molecule has 174 valence electrons. The number of nitrogens with one attached hydrogen (secondary N) is 1. The van der Waals surface area contributed by atoms with E-state index in [1.54, 1.807) is 40.5 Å². The first-order valence-electron chi connectivity index (χ1n) is 11.0. The van der Waals surface area contributed by atoms with Crippen LogP contribution in [0, 0.1) is 12.8 Å². The molecule has 0 aliphatic rings. The highest BCUT2D eigenvalue weighted by Gasteiger charge is 2.23. The van der Waals surface area contributed by atoms with E-state index in [9.17, 15) is 9.59 Å². The molecule has 1 N–H and O–H groups in total. The molecule has 3 amide bonds. The number of hydrogen-bond acceptors (Lipinski definition) is 3. The molecule has 1 aromatic heterocycles. The number of carbonyl (C=O) groups excluding carboxylic acids is 2. The van der Waals surface area contributed by atoms with Crippen molar-refractivity contribution in [3.8, 4) is 0 Å². The smallest absolute Gasteiger partial charge is 0.322 e. The zero-order valence-electron chi connectivity index (χ0n) is 19.3. The molecule has 5 nitrogen and oxygen atoms in total. The molecule has 33 heavy (non-hydrogen) atoms. The minimum atomic E-state index is -0.300. The number of thiophene rings is 1. The van der Waals surface area contributed by atoms with Crippen LogP contribution in [0.5, 0.6) is 0 Å². The highest BCUT2D eigenvalue weighted by Crippen LogP contribution is 2.19. The van der Waals surface area contributed by atoms with Gasteiger partial charge in [-0.25, -0.2) is 4.79 Å². The lowest BCUT2D eigenvalue weighted by atomic mass is 10.2. The molecular weight excluding hydrogens is 454 g/mol. The quantitative estimate of drug-likeness (QED) is 0.381. The summed E-state index contributed by atoms with van der Waals surface area (Å²) in [7, 11) is 0. The van der Waals surface area contributed by atoms with E-state index >= 15 is 0 Å². The third-order valence-corrected chi connectivity index (χ3v) is 6.24. The second-order valence-electron chi connectivity index (χ2n) is 8.46. The summed E-state index contributed by atoms with van der Waals surface area (Å²) in [6, 6.07) is 20.7. The van der Waals surface area contributed by atoms with Crippen LogP contribution in [-0.2, 0) is 17.9 Å². The Labute approximate surface area is 205 Å². The molecule has 0 radical (unpaired) electrons. The van der Waals surface area contributed by atoms with Gasteiger partial charge in [0.1, 0.15) is 6.54 Å². The maximum atomic E-state index is 13.4. The lowest BCUT2D eigenvalue weighted by Crippen LogP contribution is -2.45. The Balaban J connectivity index is 1.75. The normalized spacial score (nSPS) is 10.8. The molecule has 0 unspecified atom stereocenters. The van der Waals surface area contributed by atoms with Crippen molar-refractivity contribution in [2.45, 2.75) is 33.9 Å². The van der Waals surface area contributed by atoms with Gasteiger partial charge in [0, 0.05) is 33.6 Å². The summed E-state index contributed by atoms with van der Waals surface area (Å²) in [6.45, 7) is 7.61. The molecule has 0 aliphatic heterocycles. The molecule has 0 atom stereocenters. The van der Waals surface area contributed by atoms with Crippen molar-refractivity contribution < 1.29 is 9.59 Å². The number of anilines is 1. The lowest BCUT2D eigenvalue weighted by Gasteiger charge is -2.29. The number of urea groups is 1. The molecule has 3 aromatic rings. The van der Waals surface area contributed by atoms with E-state index in [0.717, 1.165) is 10.4 Å². The van der Waals surface area contributed by atoms with Crippen molar-refractivity contribution in [3.63, 3.8) is 0 Å². The predicted molar refractivity (Wildman–Crippen MR) is 137 cm³/mol. The molecule has 1 heterocycles. The van der Waals surface area contributed by atoms with Crippen molar-refractivity contribution >= 4 is 40.6 Å². The highest BCUT2D eigenvalue weighted by molar-refractivity contribution is 7.11. The fraction of sp³-hybridized carbons (Fsp3) is 0.308. The number of benzene rings is 2. The van der Waals surface area contributed by atoms with Crippen molar-refractivity contribution in [2.24, 2.45) is 5.92 Å². The minimum Gasteiger partial charge on any atom is -0.332 e. The van der Waals surface area contributed by atoms with Crippen LogP contribution < -0.4 is 5.32 Å². The van der Waals surface area contributed by atoms with Crippen LogP contribution in [0.3, 0.4) is 0 Å². The van der Waals surface area contributed by atoms with E-state index in [1.165, 1.54) is 4.88 Å². The van der Waals surface area contributed by atoms with Gasteiger partial charge in [-0.3, -0.25) is 4.79 Å². The molecule has 0 saturated heterocycles. The molecule has 0 spiro atoms. The van der Waals surface area contributed by atoms with E-state index in [4.69, 9.17) is 11.6 Å². The summed E-state index contributed by atoms with van der Waals surface area (Å²) in [5.41, 5.74) is 1.70. The summed E-state index contributed by atoms with van der Waals surface area (Å²) in [4.78, 5) is 32.2. The topological polar surface area (TPSA) is 52.7 Å². The maximum Gasteiger partial charge on any atom is 0.322 e. The van der Waals surface area contributed by atoms with Crippen molar-refractivity contribution in [3.05, 3.63) is 87.1 Å². The van der Waals surface area contributed by atoms with Gasteiger partial charge >= 0.3 is 6.03 Å². The van der Waals surface area contributed by atoms with Gasteiger partial charge in [0.2, 0.25) is 5.91 Å². The average Bonchev–Trinajstić information content (AvgIpc) is 3.19. The Kier molecular flexibility index (Phi) is 8.92. The SMILES string of the molecule is Cc1ccc(CN(Cc2ccccc2)C(=O)CN(CC(C)C)C(=O)Nc2ccc(Cl)cc2)s1. The molecule has 0 bridgehead atoms. The van der Waals surface area contributed by atoms with Crippen LogP contribution in [0.15, 0.2) is 66.7 Å². The zero-order chi connectivity index (χ0) is 23.8. The van der Waals surface area contributed by atoms with Crippen LogP contribution in [0.4, 0.5) is 10.5 Å². The zero-order valence-corrected chi connectivity index (χ0v) is 20.8. The molecule has 3 rings (SSSR count). The number of hydrogen-bond donors (Lipinski definition) is 1. The maximum absolute atomic E-state index is 13.4.